The minimum Gasteiger partial charge on any atom is -0.351 e. The highest BCUT2D eigenvalue weighted by Gasteiger charge is 2.14. The molecule has 0 bridgehead atoms. The van der Waals surface area contributed by atoms with E-state index in [-0.39, 0.29) is 0 Å². The molecule has 1 radical (unpaired) electrons. The first-order valence-electron chi connectivity index (χ1n) is 6.23. The van der Waals surface area contributed by atoms with Crippen LogP contribution in [-0.4, -0.2) is 6.03 Å². The van der Waals surface area contributed by atoms with Gasteiger partial charge in [0.1, 0.15) is 0 Å². The molecule has 0 aliphatic heterocycles. The third kappa shape index (κ3) is 3.13. The molecule has 0 aliphatic rings. The Bertz CT molecular complexity index is 534. The van der Waals surface area contributed by atoms with Crippen molar-refractivity contribution in [2.75, 3.05) is 4.90 Å². The van der Waals surface area contributed by atoms with Gasteiger partial charge in [-0.25, -0.2) is 4.79 Å². The summed E-state index contributed by atoms with van der Waals surface area (Å²) in [5.41, 5.74) is 8.23. The molecule has 19 heavy (non-hydrogen) atoms. The zero-order chi connectivity index (χ0) is 13.7. The third-order valence-corrected chi connectivity index (χ3v) is 2.87. The molecule has 3 nitrogen and oxygen atoms in total. The zero-order valence-electron chi connectivity index (χ0n) is 10.9. The van der Waals surface area contributed by atoms with Crippen LogP contribution in [0.2, 0.25) is 0 Å². The van der Waals surface area contributed by atoms with Crippen LogP contribution in [0.4, 0.5) is 16.2 Å². The van der Waals surface area contributed by atoms with Gasteiger partial charge in [0.25, 0.3) is 0 Å². The van der Waals surface area contributed by atoms with Crippen molar-refractivity contribution in [2.45, 2.75) is 13.3 Å². The Morgan fingerprint density at radius 1 is 1.05 bits per heavy atom. The lowest BCUT2D eigenvalue weighted by Gasteiger charge is -2.20. The van der Waals surface area contributed by atoms with Crippen molar-refractivity contribution in [3.63, 3.8) is 0 Å². The molecule has 2 aromatic rings. The largest absolute Gasteiger partial charge is 0.351 e. The molecule has 3 heteroatoms. The van der Waals surface area contributed by atoms with E-state index in [1.54, 1.807) is 0 Å². The van der Waals surface area contributed by atoms with Crippen LogP contribution in [0.1, 0.15) is 12.5 Å². The number of carbonyl (C=O) groups excluding carboxylic acids is 1. The topological polar surface area (TPSA) is 46.3 Å². The maximum atomic E-state index is 11.7. The van der Waals surface area contributed by atoms with Crippen LogP contribution in [0.15, 0.2) is 54.6 Å². The SMILES string of the molecule is C[CH]Cc1ccc(N(C(N)=O)c2ccccc2)cc1. The summed E-state index contributed by atoms with van der Waals surface area (Å²) in [4.78, 5) is 13.2. The number of nitrogens with two attached hydrogens (primary N) is 1. The second-order valence-corrected chi connectivity index (χ2v) is 4.29. The Labute approximate surface area is 113 Å². The van der Waals surface area contributed by atoms with E-state index in [0.717, 1.165) is 17.8 Å². The number of amides is 2. The summed E-state index contributed by atoms with van der Waals surface area (Å²) in [7, 11) is 0. The average molecular weight is 253 g/mol. The van der Waals surface area contributed by atoms with Crippen LogP contribution < -0.4 is 10.6 Å². The molecule has 0 unspecified atom stereocenters. The van der Waals surface area contributed by atoms with E-state index >= 15 is 0 Å². The van der Waals surface area contributed by atoms with E-state index in [1.807, 2.05) is 61.5 Å². The molecular formula is C16H17N2O. The fraction of sp³-hybridized carbons (Fsp3) is 0.125. The number of carbonyl (C=O) groups is 1. The van der Waals surface area contributed by atoms with Gasteiger partial charge in [-0.2, -0.15) is 0 Å². The number of anilines is 2. The molecule has 2 N–H and O–H groups in total. The van der Waals surface area contributed by atoms with Gasteiger partial charge in [-0.3, -0.25) is 4.90 Å². The average Bonchev–Trinajstić information content (AvgIpc) is 2.42. The predicted molar refractivity (Wildman–Crippen MR) is 78.3 cm³/mol. The summed E-state index contributed by atoms with van der Waals surface area (Å²) in [5, 5.41) is 0. The van der Waals surface area contributed by atoms with Gasteiger partial charge < -0.3 is 5.73 Å². The lowest BCUT2D eigenvalue weighted by atomic mass is 10.1. The summed E-state index contributed by atoms with van der Waals surface area (Å²) >= 11 is 0. The quantitative estimate of drug-likeness (QED) is 0.887. The summed E-state index contributed by atoms with van der Waals surface area (Å²) in [5.74, 6) is 0. The summed E-state index contributed by atoms with van der Waals surface area (Å²) < 4.78 is 0. The maximum Gasteiger partial charge on any atom is 0.323 e. The van der Waals surface area contributed by atoms with Gasteiger partial charge in [-0.05, 0) is 42.7 Å². The molecular weight excluding hydrogens is 236 g/mol. The first-order valence-corrected chi connectivity index (χ1v) is 6.23. The van der Waals surface area contributed by atoms with Gasteiger partial charge in [0.05, 0.1) is 11.4 Å². The summed E-state index contributed by atoms with van der Waals surface area (Å²) in [6, 6.07) is 16.7. The zero-order valence-corrected chi connectivity index (χ0v) is 10.9. The minimum atomic E-state index is -0.485. The molecule has 2 amide bonds. The molecule has 0 saturated carbocycles. The van der Waals surface area contributed by atoms with E-state index in [4.69, 9.17) is 5.73 Å². The van der Waals surface area contributed by atoms with Gasteiger partial charge in [0.15, 0.2) is 0 Å². The van der Waals surface area contributed by atoms with E-state index in [9.17, 15) is 4.79 Å². The summed E-state index contributed by atoms with van der Waals surface area (Å²) in [6.07, 6.45) is 3.01. The molecule has 2 aromatic carbocycles. The second kappa shape index (κ2) is 6.05. The summed E-state index contributed by atoms with van der Waals surface area (Å²) in [6.45, 7) is 2.02. The van der Waals surface area contributed by atoms with Crippen molar-refractivity contribution in [3.05, 3.63) is 66.6 Å². The number of benzene rings is 2. The van der Waals surface area contributed by atoms with E-state index in [1.165, 1.54) is 10.5 Å². The predicted octanol–water partition coefficient (Wildman–Crippen LogP) is 3.67. The van der Waals surface area contributed by atoms with E-state index in [2.05, 4.69) is 6.42 Å². The number of nitrogens with zero attached hydrogens (tertiary/aromatic N) is 1. The molecule has 97 valence electrons. The van der Waals surface area contributed by atoms with Crippen molar-refractivity contribution in [1.82, 2.24) is 0 Å². The third-order valence-electron chi connectivity index (χ3n) is 2.87. The van der Waals surface area contributed by atoms with Crippen LogP contribution in [0.3, 0.4) is 0 Å². The van der Waals surface area contributed by atoms with Crippen molar-refractivity contribution in [2.24, 2.45) is 5.73 Å². The number of para-hydroxylation sites is 1. The lowest BCUT2D eigenvalue weighted by Crippen LogP contribution is -2.31. The standard InChI is InChI=1S/C16H17N2O/c1-2-6-13-9-11-15(12-10-13)18(16(17)19)14-7-4-3-5-8-14/h2-5,7-12H,6H2,1H3,(H2,17,19). The maximum absolute atomic E-state index is 11.7. The van der Waals surface area contributed by atoms with Crippen molar-refractivity contribution < 1.29 is 4.79 Å². The van der Waals surface area contributed by atoms with Gasteiger partial charge in [0, 0.05) is 0 Å². The number of rotatable bonds is 4. The first-order chi connectivity index (χ1) is 9.22. The molecule has 0 fully saturated rings. The Hall–Kier alpha value is -2.29. The van der Waals surface area contributed by atoms with E-state index in [0.29, 0.717) is 0 Å². The van der Waals surface area contributed by atoms with Gasteiger partial charge in [-0.1, -0.05) is 37.3 Å². The number of primary amides is 1. The van der Waals surface area contributed by atoms with Gasteiger partial charge >= 0.3 is 6.03 Å². The number of hydrogen-bond donors (Lipinski definition) is 1. The van der Waals surface area contributed by atoms with Crippen LogP contribution in [0, 0.1) is 6.42 Å². The Kier molecular flexibility index (Phi) is 4.18. The monoisotopic (exact) mass is 253 g/mol. The second-order valence-electron chi connectivity index (χ2n) is 4.29. The normalized spacial score (nSPS) is 10.2. The first kappa shape index (κ1) is 13.1. The molecule has 0 saturated heterocycles. The lowest BCUT2D eigenvalue weighted by molar-refractivity contribution is 0.256. The minimum absolute atomic E-state index is 0.485. The van der Waals surface area contributed by atoms with Gasteiger partial charge in [-0.15, -0.1) is 0 Å². The molecule has 0 aliphatic carbocycles. The highest BCUT2D eigenvalue weighted by molar-refractivity contribution is 5.98. The van der Waals surface area contributed by atoms with Gasteiger partial charge in [0.2, 0.25) is 0 Å². The fourth-order valence-corrected chi connectivity index (χ4v) is 2.00. The van der Waals surface area contributed by atoms with Crippen LogP contribution in [0.25, 0.3) is 0 Å². The molecule has 0 heterocycles. The molecule has 0 atom stereocenters. The molecule has 0 spiro atoms. The number of urea groups is 1. The van der Waals surface area contributed by atoms with Crippen molar-refractivity contribution in [3.8, 4) is 0 Å². The van der Waals surface area contributed by atoms with Crippen LogP contribution in [0.5, 0.6) is 0 Å². The fourth-order valence-electron chi connectivity index (χ4n) is 2.00. The smallest absolute Gasteiger partial charge is 0.323 e. The van der Waals surface area contributed by atoms with Crippen molar-refractivity contribution in [1.29, 1.82) is 0 Å². The number of hydrogen-bond acceptors (Lipinski definition) is 1. The van der Waals surface area contributed by atoms with Crippen LogP contribution in [-0.2, 0) is 6.42 Å². The Morgan fingerprint density at radius 2 is 1.63 bits per heavy atom. The molecule has 0 aromatic heterocycles. The Balaban J connectivity index is 2.32. The van der Waals surface area contributed by atoms with Crippen molar-refractivity contribution >= 4 is 17.4 Å². The highest BCUT2D eigenvalue weighted by atomic mass is 16.2. The van der Waals surface area contributed by atoms with E-state index < -0.39 is 6.03 Å². The Morgan fingerprint density at radius 3 is 2.16 bits per heavy atom. The van der Waals surface area contributed by atoms with Crippen LogP contribution >= 0.6 is 0 Å². The molecule has 2 rings (SSSR count). The highest BCUT2D eigenvalue weighted by Crippen LogP contribution is 2.25.